The van der Waals surface area contributed by atoms with Gasteiger partial charge in [0.15, 0.2) is 0 Å². The Hall–Kier alpha value is -0.0506. The average molecular weight is 144 g/mol. The molecule has 6 heavy (non-hydrogen) atoms. The fraction of sp³-hybridized carbons (Fsp3) is 0. The van der Waals surface area contributed by atoms with Crippen molar-refractivity contribution in [2.45, 2.75) is 0 Å². The molecule has 0 aliphatic heterocycles. The predicted octanol–water partition coefficient (Wildman–Crippen LogP) is -0.859. The van der Waals surface area contributed by atoms with E-state index in [0.29, 0.717) is 0 Å². The van der Waals surface area contributed by atoms with E-state index in [1.807, 2.05) is 0 Å². The normalized spacial score (nSPS) is 3.33. The Morgan fingerprint density at radius 3 is 1.17 bits per heavy atom. The summed E-state index contributed by atoms with van der Waals surface area (Å²) in [5, 5.41) is 0. The van der Waals surface area contributed by atoms with Gasteiger partial charge in [-0.3, -0.25) is 8.92 Å². The molecule has 0 aliphatic carbocycles. The van der Waals surface area contributed by atoms with Crippen LogP contribution in [0.4, 0.5) is 0 Å². The summed E-state index contributed by atoms with van der Waals surface area (Å²) < 4.78 is 33.7. The van der Waals surface area contributed by atoms with Crippen molar-refractivity contribution in [3.8, 4) is 0 Å². The fourth-order valence-corrected chi connectivity index (χ4v) is 0. The Kier molecular flexibility index (Phi) is 31.6. The SMILES string of the molecule is O=[Si]=O.[O]=[Cr]=[O]. The number of rotatable bonds is 0. The average Bonchev–Trinajstić information content (AvgIpc) is 1.39. The second-order valence-electron chi connectivity index (χ2n) is 0.151. The van der Waals surface area contributed by atoms with Crippen LogP contribution < -0.4 is 0 Å². The summed E-state index contributed by atoms with van der Waals surface area (Å²) in [6.07, 6.45) is 0. The molecule has 0 saturated carbocycles. The first-order valence-electron chi connectivity index (χ1n) is 0.742. The maximum absolute atomic E-state index is 8.44. The first-order chi connectivity index (χ1) is 2.83. The van der Waals surface area contributed by atoms with E-state index >= 15 is 0 Å². The van der Waals surface area contributed by atoms with Crippen molar-refractivity contribution >= 4 is 9.29 Å². The van der Waals surface area contributed by atoms with Crippen LogP contribution >= 0.6 is 0 Å². The second kappa shape index (κ2) is 20.3. The third kappa shape index (κ3) is 13400. The predicted molar refractivity (Wildman–Crippen MR) is 8.50 cm³/mol. The van der Waals surface area contributed by atoms with Crippen LogP contribution in [0.3, 0.4) is 0 Å². The zero-order valence-corrected chi connectivity index (χ0v) is 4.82. The monoisotopic (exact) mass is 144 g/mol. The number of hydrogen-bond acceptors (Lipinski definition) is 4. The summed E-state index contributed by atoms with van der Waals surface area (Å²) in [6, 6.07) is 0. The Bertz CT molecular complexity index is 61.5. The van der Waals surface area contributed by atoms with Crippen LogP contribution in [0, 0.1) is 0 Å². The molecule has 0 aromatic heterocycles. The van der Waals surface area contributed by atoms with Crippen LogP contribution in [-0.4, -0.2) is 9.29 Å². The van der Waals surface area contributed by atoms with Crippen LogP contribution in [0.5, 0.6) is 0 Å². The van der Waals surface area contributed by atoms with Crippen LogP contribution in [0.15, 0.2) is 0 Å². The summed E-state index contributed by atoms with van der Waals surface area (Å²) in [6.45, 7) is 0. The van der Waals surface area contributed by atoms with E-state index in [1.54, 1.807) is 0 Å². The Morgan fingerprint density at radius 1 is 1.17 bits per heavy atom. The molecule has 4 nitrogen and oxygen atoms in total. The van der Waals surface area contributed by atoms with Crippen LogP contribution in [0.2, 0.25) is 0 Å². The quantitative estimate of drug-likeness (QED) is 0.415. The summed E-state index contributed by atoms with van der Waals surface area (Å²) in [4.78, 5) is 0. The van der Waals surface area contributed by atoms with Gasteiger partial charge in [-0.1, -0.05) is 0 Å². The van der Waals surface area contributed by atoms with Gasteiger partial charge in [0.25, 0.3) is 0 Å². The molecular formula is CrO4Si. The Morgan fingerprint density at radius 2 is 1.17 bits per heavy atom. The first kappa shape index (κ1) is 9.34. The molecule has 0 atom stereocenters. The molecule has 34 valence electrons. The zero-order chi connectivity index (χ0) is 5.41. The van der Waals surface area contributed by atoms with Gasteiger partial charge in [-0.25, -0.2) is 0 Å². The molecule has 0 heterocycles. The molecule has 0 fully saturated rings. The van der Waals surface area contributed by atoms with Crippen LogP contribution in [0.25, 0.3) is 0 Å². The van der Waals surface area contributed by atoms with E-state index in [9.17, 15) is 0 Å². The van der Waals surface area contributed by atoms with E-state index in [2.05, 4.69) is 0 Å². The van der Waals surface area contributed by atoms with E-state index < -0.39 is 24.4 Å². The Labute approximate surface area is 41.6 Å². The minimum atomic E-state index is -1.62. The summed E-state index contributed by atoms with van der Waals surface area (Å²) in [5.41, 5.74) is 0. The minimum absolute atomic E-state index is 1.42. The molecule has 0 amide bonds. The van der Waals surface area contributed by atoms with Gasteiger partial charge >= 0.3 is 32.0 Å². The van der Waals surface area contributed by atoms with E-state index in [-0.39, 0.29) is 0 Å². The molecule has 0 aromatic rings. The van der Waals surface area contributed by atoms with E-state index in [0.717, 1.165) is 0 Å². The topological polar surface area (TPSA) is 68.3 Å². The standard InChI is InChI=1S/Cr.O2Si.2O/c;1-3-2;;. The number of hydrogen-bond donors (Lipinski definition) is 0. The molecule has 6 heteroatoms. The zero-order valence-electron chi connectivity index (χ0n) is 2.54. The first-order valence-corrected chi connectivity index (χ1v) is 2.60. The molecule has 0 bridgehead atoms. The van der Waals surface area contributed by atoms with Gasteiger partial charge in [0.2, 0.25) is 0 Å². The van der Waals surface area contributed by atoms with E-state index in [4.69, 9.17) is 16.5 Å². The summed E-state index contributed by atoms with van der Waals surface area (Å²) in [5.74, 6) is 0. The van der Waals surface area contributed by atoms with Gasteiger partial charge in [-0.05, 0) is 0 Å². The maximum atomic E-state index is 8.44. The van der Waals surface area contributed by atoms with Gasteiger partial charge in [0.1, 0.15) is 0 Å². The van der Waals surface area contributed by atoms with Gasteiger partial charge < -0.3 is 0 Å². The van der Waals surface area contributed by atoms with Crippen molar-refractivity contribution in [3.63, 3.8) is 0 Å². The van der Waals surface area contributed by atoms with Gasteiger partial charge in [0.05, 0.1) is 0 Å². The van der Waals surface area contributed by atoms with Crippen LogP contribution in [0.1, 0.15) is 0 Å². The van der Waals surface area contributed by atoms with Crippen molar-refractivity contribution in [1.29, 1.82) is 0 Å². The molecule has 0 spiro atoms. The van der Waals surface area contributed by atoms with Gasteiger partial charge in [-0.15, -0.1) is 0 Å². The molecule has 0 aromatic carbocycles. The van der Waals surface area contributed by atoms with Gasteiger partial charge in [0, 0.05) is 0 Å². The molecule has 0 aliphatic rings. The fourth-order valence-electron chi connectivity index (χ4n) is 0. The second-order valence-corrected chi connectivity index (χ2v) is 0.531. The van der Waals surface area contributed by atoms with Crippen molar-refractivity contribution in [1.82, 2.24) is 0 Å². The Balaban J connectivity index is 0. The van der Waals surface area contributed by atoms with Gasteiger partial charge in [-0.2, -0.15) is 0 Å². The molecule has 0 rings (SSSR count). The molecule has 0 N–H and O–H groups in total. The van der Waals surface area contributed by atoms with Crippen molar-refractivity contribution in [2.75, 3.05) is 0 Å². The van der Waals surface area contributed by atoms with Crippen molar-refractivity contribution < 1.29 is 31.6 Å². The van der Waals surface area contributed by atoms with Crippen molar-refractivity contribution in [3.05, 3.63) is 0 Å². The van der Waals surface area contributed by atoms with E-state index in [1.165, 1.54) is 0 Å². The molecule has 0 radical (unpaired) electrons. The molecule has 0 unspecified atom stereocenters. The summed E-state index contributed by atoms with van der Waals surface area (Å²) in [7, 11) is -1.42. The summed E-state index contributed by atoms with van der Waals surface area (Å²) >= 11 is -1.62. The third-order valence-electron chi connectivity index (χ3n) is 0. The molecule has 0 saturated heterocycles. The third-order valence-corrected chi connectivity index (χ3v) is 0. The molecular weight excluding hydrogens is 144 g/mol. The van der Waals surface area contributed by atoms with Crippen molar-refractivity contribution in [2.24, 2.45) is 0 Å². The van der Waals surface area contributed by atoms with Crippen LogP contribution in [-0.2, 0) is 31.6 Å².